The summed E-state index contributed by atoms with van der Waals surface area (Å²) in [5.41, 5.74) is 5.78. The van der Waals surface area contributed by atoms with E-state index in [2.05, 4.69) is 37.4 Å². The fraction of sp³-hybridized carbons (Fsp3) is 0.316. The largest absolute Gasteiger partial charge is 0.325 e. The Morgan fingerprint density at radius 1 is 0.955 bits per heavy atom. The molecule has 22 heavy (non-hydrogen) atoms. The summed E-state index contributed by atoms with van der Waals surface area (Å²) in [5, 5.41) is 2.93. The van der Waals surface area contributed by atoms with Gasteiger partial charge in [0.2, 0.25) is 5.91 Å². The van der Waals surface area contributed by atoms with E-state index in [9.17, 15) is 4.79 Å². The van der Waals surface area contributed by atoms with Gasteiger partial charge in [-0.25, -0.2) is 0 Å². The van der Waals surface area contributed by atoms with Crippen LogP contribution in [0.1, 0.15) is 22.3 Å². The van der Waals surface area contributed by atoms with Crippen LogP contribution in [-0.2, 0) is 11.3 Å². The van der Waals surface area contributed by atoms with Gasteiger partial charge in [0.1, 0.15) is 0 Å². The van der Waals surface area contributed by atoms with Gasteiger partial charge in [-0.05, 0) is 45.5 Å². The standard InChI is InChI=1S/C19H24N2O/c1-14-5-7-18(8-6-14)20-19(22)13-21(4)12-17-10-15(2)9-16(3)11-17/h5-11H,12-13H2,1-4H3,(H,20,22). The Hall–Kier alpha value is -2.13. The number of rotatable bonds is 5. The van der Waals surface area contributed by atoms with Gasteiger partial charge < -0.3 is 5.32 Å². The summed E-state index contributed by atoms with van der Waals surface area (Å²) in [5.74, 6) is 0.00993. The van der Waals surface area contributed by atoms with Crippen LogP contribution in [0.2, 0.25) is 0 Å². The second-order valence-electron chi connectivity index (χ2n) is 6.08. The van der Waals surface area contributed by atoms with Crippen LogP contribution in [0.4, 0.5) is 5.69 Å². The molecule has 1 amide bonds. The van der Waals surface area contributed by atoms with E-state index in [1.54, 1.807) is 0 Å². The number of likely N-dealkylation sites (N-methyl/N-ethyl adjacent to an activating group) is 1. The molecule has 2 aromatic carbocycles. The van der Waals surface area contributed by atoms with Crippen LogP contribution in [0.25, 0.3) is 0 Å². The van der Waals surface area contributed by atoms with Gasteiger partial charge in [0.05, 0.1) is 6.54 Å². The number of hydrogen-bond acceptors (Lipinski definition) is 2. The lowest BCUT2D eigenvalue weighted by Crippen LogP contribution is -2.29. The van der Waals surface area contributed by atoms with Crippen molar-refractivity contribution in [2.75, 3.05) is 18.9 Å². The Bertz CT molecular complexity index is 627. The summed E-state index contributed by atoms with van der Waals surface area (Å²) in [6.45, 7) is 7.37. The number of carbonyl (C=O) groups excluding carboxylic acids is 1. The summed E-state index contributed by atoms with van der Waals surface area (Å²) in [6, 6.07) is 14.3. The number of benzene rings is 2. The Labute approximate surface area is 133 Å². The van der Waals surface area contributed by atoms with E-state index in [-0.39, 0.29) is 5.91 Å². The number of hydrogen-bond donors (Lipinski definition) is 1. The maximum Gasteiger partial charge on any atom is 0.238 e. The molecule has 0 aliphatic rings. The van der Waals surface area contributed by atoms with Crippen LogP contribution in [0.15, 0.2) is 42.5 Å². The van der Waals surface area contributed by atoms with Crippen LogP contribution in [-0.4, -0.2) is 24.4 Å². The van der Waals surface area contributed by atoms with Gasteiger partial charge in [0.25, 0.3) is 0 Å². The topological polar surface area (TPSA) is 32.3 Å². The molecule has 0 bridgehead atoms. The minimum atomic E-state index is 0.00993. The van der Waals surface area contributed by atoms with Gasteiger partial charge in [-0.15, -0.1) is 0 Å². The number of carbonyl (C=O) groups is 1. The van der Waals surface area contributed by atoms with Crippen molar-refractivity contribution in [2.45, 2.75) is 27.3 Å². The maximum absolute atomic E-state index is 12.1. The first-order chi connectivity index (χ1) is 10.4. The lowest BCUT2D eigenvalue weighted by atomic mass is 10.1. The zero-order valence-electron chi connectivity index (χ0n) is 13.8. The van der Waals surface area contributed by atoms with Gasteiger partial charge in [-0.1, -0.05) is 47.0 Å². The number of nitrogens with one attached hydrogen (secondary N) is 1. The molecule has 0 unspecified atom stereocenters. The second kappa shape index (κ2) is 7.23. The summed E-state index contributed by atoms with van der Waals surface area (Å²) in [7, 11) is 1.96. The second-order valence-corrected chi connectivity index (χ2v) is 6.08. The van der Waals surface area contributed by atoms with Crippen LogP contribution >= 0.6 is 0 Å². The highest BCUT2D eigenvalue weighted by atomic mass is 16.2. The third-order valence-electron chi connectivity index (χ3n) is 3.48. The van der Waals surface area contributed by atoms with Gasteiger partial charge in [0, 0.05) is 12.2 Å². The molecule has 0 radical (unpaired) electrons. The van der Waals surface area contributed by atoms with E-state index < -0.39 is 0 Å². The van der Waals surface area contributed by atoms with E-state index in [1.807, 2.05) is 43.1 Å². The molecule has 3 nitrogen and oxygen atoms in total. The zero-order valence-corrected chi connectivity index (χ0v) is 13.8. The van der Waals surface area contributed by atoms with Crippen molar-refractivity contribution in [3.63, 3.8) is 0 Å². The first kappa shape index (κ1) is 16.2. The fourth-order valence-electron chi connectivity index (χ4n) is 2.61. The van der Waals surface area contributed by atoms with E-state index in [0.717, 1.165) is 12.2 Å². The van der Waals surface area contributed by atoms with Crippen molar-refractivity contribution >= 4 is 11.6 Å². The number of aryl methyl sites for hydroxylation is 3. The molecular formula is C19H24N2O. The minimum Gasteiger partial charge on any atom is -0.325 e. The molecule has 0 aliphatic carbocycles. The predicted octanol–water partition coefficient (Wildman–Crippen LogP) is 3.68. The summed E-state index contributed by atoms with van der Waals surface area (Å²) >= 11 is 0. The van der Waals surface area contributed by atoms with Gasteiger partial charge in [0.15, 0.2) is 0 Å². The average molecular weight is 296 g/mol. The van der Waals surface area contributed by atoms with Crippen molar-refractivity contribution in [1.82, 2.24) is 4.90 Å². The molecule has 0 aliphatic heterocycles. The van der Waals surface area contributed by atoms with Crippen molar-refractivity contribution in [2.24, 2.45) is 0 Å². The Morgan fingerprint density at radius 3 is 2.14 bits per heavy atom. The summed E-state index contributed by atoms with van der Waals surface area (Å²) in [4.78, 5) is 14.1. The van der Waals surface area contributed by atoms with Gasteiger partial charge in [-0.2, -0.15) is 0 Å². The molecule has 0 fully saturated rings. The summed E-state index contributed by atoms with van der Waals surface area (Å²) in [6.07, 6.45) is 0. The third-order valence-corrected chi connectivity index (χ3v) is 3.48. The zero-order chi connectivity index (χ0) is 16.1. The molecule has 1 N–H and O–H groups in total. The molecule has 0 atom stereocenters. The van der Waals surface area contributed by atoms with E-state index in [1.165, 1.54) is 22.3 Å². The van der Waals surface area contributed by atoms with Crippen LogP contribution in [0, 0.1) is 20.8 Å². The van der Waals surface area contributed by atoms with Gasteiger partial charge in [-0.3, -0.25) is 9.69 Å². The summed E-state index contributed by atoms with van der Waals surface area (Å²) < 4.78 is 0. The van der Waals surface area contributed by atoms with Crippen LogP contribution in [0.5, 0.6) is 0 Å². The minimum absolute atomic E-state index is 0.00993. The first-order valence-electron chi connectivity index (χ1n) is 7.54. The third kappa shape index (κ3) is 5.01. The smallest absolute Gasteiger partial charge is 0.238 e. The van der Waals surface area contributed by atoms with E-state index in [0.29, 0.717) is 6.54 Å². The van der Waals surface area contributed by atoms with E-state index >= 15 is 0 Å². The molecule has 0 aromatic heterocycles. The highest BCUT2D eigenvalue weighted by molar-refractivity contribution is 5.92. The van der Waals surface area contributed by atoms with Crippen molar-refractivity contribution in [3.05, 3.63) is 64.7 Å². The molecule has 2 aromatic rings. The Kier molecular flexibility index (Phi) is 5.34. The molecular weight excluding hydrogens is 272 g/mol. The fourth-order valence-corrected chi connectivity index (χ4v) is 2.61. The quantitative estimate of drug-likeness (QED) is 0.913. The monoisotopic (exact) mass is 296 g/mol. The van der Waals surface area contributed by atoms with Crippen molar-refractivity contribution in [1.29, 1.82) is 0 Å². The molecule has 0 saturated heterocycles. The first-order valence-corrected chi connectivity index (χ1v) is 7.54. The molecule has 0 heterocycles. The predicted molar refractivity (Wildman–Crippen MR) is 92.1 cm³/mol. The van der Waals surface area contributed by atoms with Crippen LogP contribution < -0.4 is 5.32 Å². The van der Waals surface area contributed by atoms with Crippen molar-refractivity contribution < 1.29 is 4.79 Å². The lowest BCUT2D eigenvalue weighted by molar-refractivity contribution is -0.117. The molecule has 3 heteroatoms. The average Bonchev–Trinajstić information content (AvgIpc) is 2.39. The highest BCUT2D eigenvalue weighted by Crippen LogP contribution is 2.11. The number of nitrogens with zero attached hydrogens (tertiary/aromatic N) is 1. The van der Waals surface area contributed by atoms with Crippen molar-refractivity contribution in [3.8, 4) is 0 Å². The van der Waals surface area contributed by atoms with Gasteiger partial charge >= 0.3 is 0 Å². The normalized spacial score (nSPS) is 10.8. The SMILES string of the molecule is Cc1ccc(NC(=O)CN(C)Cc2cc(C)cc(C)c2)cc1. The Balaban J connectivity index is 1.89. The van der Waals surface area contributed by atoms with E-state index in [4.69, 9.17) is 0 Å². The highest BCUT2D eigenvalue weighted by Gasteiger charge is 2.08. The van der Waals surface area contributed by atoms with Crippen LogP contribution in [0.3, 0.4) is 0 Å². The molecule has 116 valence electrons. The lowest BCUT2D eigenvalue weighted by Gasteiger charge is -2.17. The molecule has 0 saturated carbocycles. The Morgan fingerprint density at radius 2 is 1.55 bits per heavy atom. The molecule has 2 rings (SSSR count). The molecule has 0 spiro atoms. The maximum atomic E-state index is 12.1. The number of amides is 1. The number of anilines is 1.